The fraction of sp³-hybridized carbons (Fsp3) is 0.250. The third kappa shape index (κ3) is 4.22. The molecule has 8 heteroatoms. The number of hydrogen-bond acceptors (Lipinski definition) is 4. The molecule has 0 heterocycles. The first kappa shape index (κ1) is 13.6. The van der Waals surface area contributed by atoms with Crippen LogP contribution in [-0.4, -0.2) is 44.3 Å². The molecule has 0 saturated heterocycles. The minimum absolute atomic E-state index is 0.942. The van der Waals surface area contributed by atoms with E-state index in [0.29, 0.717) is 0 Å². The number of carboxylic acid groups (broad SMARTS) is 4. The van der Waals surface area contributed by atoms with Crippen molar-refractivity contribution < 1.29 is 39.6 Å². The Morgan fingerprint density at radius 3 is 1.00 bits per heavy atom. The Balaban J connectivity index is 5.43. The van der Waals surface area contributed by atoms with E-state index in [-0.39, 0.29) is 0 Å². The van der Waals surface area contributed by atoms with Crippen LogP contribution in [0.4, 0.5) is 0 Å². The van der Waals surface area contributed by atoms with Crippen LogP contribution < -0.4 is 0 Å². The van der Waals surface area contributed by atoms with Gasteiger partial charge in [0.2, 0.25) is 0 Å². The average molecular weight is 232 g/mol. The molecule has 8 nitrogen and oxygen atoms in total. The molecule has 0 spiro atoms. The van der Waals surface area contributed by atoms with Gasteiger partial charge in [-0.2, -0.15) is 0 Å². The maximum absolute atomic E-state index is 10.6. The monoisotopic (exact) mass is 232 g/mol. The van der Waals surface area contributed by atoms with Crippen molar-refractivity contribution >= 4 is 23.9 Å². The van der Waals surface area contributed by atoms with E-state index in [1.54, 1.807) is 0 Å². The van der Waals surface area contributed by atoms with Crippen LogP contribution in [0.2, 0.25) is 0 Å². The molecule has 0 aliphatic heterocycles. The van der Waals surface area contributed by atoms with Crippen molar-refractivity contribution in [3.63, 3.8) is 0 Å². The van der Waals surface area contributed by atoms with Gasteiger partial charge in [-0.25, -0.2) is 9.59 Å². The molecule has 0 rings (SSSR count). The molecule has 0 aliphatic carbocycles. The zero-order valence-corrected chi connectivity index (χ0v) is 7.84. The smallest absolute Gasteiger partial charge is 0.332 e. The summed E-state index contributed by atoms with van der Waals surface area (Å²) in [7, 11) is 0. The molecule has 0 aromatic carbocycles. The number of carboxylic acids is 4. The minimum atomic E-state index is -1.76. The lowest BCUT2D eigenvalue weighted by atomic mass is 10.0. The van der Waals surface area contributed by atoms with Crippen molar-refractivity contribution in [2.24, 2.45) is 0 Å². The highest BCUT2D eigenvalue weighted by Crippen LogP contribution is 2.14. The Labute approximate surface area is 88.4 Å². The quantitative estimate of drug-likeness (QED) is 0.443. The van der Waals surface area contributed by atoms with Gasteiger partial charge in [0.05, 0.1) is 24.0 Å². The molecule has 0 radical (unpaired) electrons. The van der Waals surface area contributed by atoms with Crippen LogP contribution in [0.15, 0.2) is 11.1 Å². The summed E-state index contributed by atoms with van der Waals surface area (Å²) in [4.78, 5) is 41.7. The maximum Gasteiger partial charge on any atom is 0.332 e. The van der Waals surface area contributed by atoms with Crippen LogP contribution >= 0.6 is 0 Å². The van der Waals surface area contributed by atoms with Gasteiger partial charge in [-0.15, -0.1) is 0 Å². The van der Waals surface area contributed by atoms with Crippen molar-refractivity contribution in [1.29, 1.82) is 0 Å². The van der Waals surface area contributed by atoms with Gasteiger partial charge in [0.25, 0.3) is 0 Å². The predicted octanol–water partition coefficient (Wildman–Crippen LogP) is -0.598. The highest BCUT2D eigenvalue weighted by atomic mass is 16.4. The van der Waals surface area contributed by atoms with Crippen molar-refractivity contribution in [2.45, 2.75) is 12.8 Å². The summed E-state index contributed by atoms with van der Waals surface area (Å²) in [6, 6.07) is 0. The molecule has 0 atom stereocenters. The molecule has 0 bridgehead atoms. The zero-order valence-electron chi connectivity index (χ0n) is 7.84. The highest BCUT2D eigenvalue weighted by Gasteiger charge is 2.24. The second-order valence-corrected chi connectivity index (χ2v) is 2.71. The van der Waals surface area contributed by atoms with E-state index >= 15 is 0 Å². The SMILES string of the molecule is O=C(O)CC(C(=O)O)=C(CC(=O)O)C(=O)O. The van der Waals surface area contributed by atoms with Gasteiger partial charge in [0, 0.05) is 0 Å². The van der Waals surface area contributed by atoms with Crippen LogP contribution in [0, 0.1) is 0 Å². The average Bonchev–Trinajstić information content (AvgIpc) is 2.09. The summed E-state index contributed by atoms with van der Waals surface area (Å²) in [5.41, 5.74) is -1.88. The number of hydrogen-bond donors (Lipinski definition) is 4. The standard InChI is InChI=1S/C8H8O8/c9-5(10)1-3(7(13)14)4(8(15)16)2-6(11)12/h1-2H2,(H,9,10)(H,11,12)(H,13,14)(H,15,16). The van der Waals surface area contributed by atoms with Gasteiger partial charge >= 0.3 is 23.9 Å². The number of carbonyl (C=O) groups is 4. The van der Waals surface area contributed by atoms with E-state index in [1.165, 1.54) is 0 Å². The van der Waals surface area contributed by atoms with Crippen LogP contribution in [0.1, 0.15) is 12.8 Å². The molecule has 0 amide bonds. The first-order chi connectivity index (χ1) is 7.25. The molecule has 0 fully saturated rings. The molecular weight excluding hydrogens is 224 g/mol. The Hall–Kier alpha value is -2.38. The van der Waals surface area contributed by atoms with Crippen molar-refractivity contribution in [3.05, 3.63) is 11.1 Å². The first-order valence-electron chi connectivity index (χ1n) is 3.88. The molecule has 4 N–H and O–H groups in total. The Morgan fingerprint density at radius 1 is 0.625 bits per heavy atom. The second kappa shape index (κ2) is 5.49. The van der Waals surface area contributed by atoms with Crippen LogP contribution in [0.3, 0.4) is 0 Å². The van der Waals surface area contributed by atoms with E-state index in [4.69, 9.17) is 20.4 Å². The second-order valence-electron chi connectivity index (χ2n) is 2.71. The van der Waals surface area contributed by atoms with Gasteiger partial charge in [0.1, 0.15) is 0 Å². The van der Waals surface area contributed by atoms with Crippen molar-refractivity contribution in [2.75, 3.05) is 0 Å². The summed E-state index contributed by atoms with van der Waals surface area (Å²) < 4.78 is 0. The summed E-state index contributed by atoms with van der Waals surface area (Å²) in [5, 5.41) is 33.9. The molecule has 0 aromatic rings. The Kier molecular flexibility index (Phi) is 4.67. The third-order valence-electron chi connectivity index (χ3n) is 1.54. The van der Waals surface area contributed by atoms with Gasteiger partial charge in [-0.05, 0) is 0 Å². The van der Waals surface area contributed by atoms with Crippen LogP contribution in [0.5, 0.6) is 0 Å². The van der Waals surface area contributed by atoms with Gasteiger partial charge in [0.15, 0.2) is 0 Å². The first-order valence-corrected chi connectivity index (χ1v) is 3.88. The molecule has 0 aliphatic rings. The molecule has 0 aromatic heterocycles. The molecule has 16 heavy (non-hydrogen) atoms. The Morgan fingerprint density at radius 2 is 0.875 bits per heavy atom. The fourth-order valence-electron chi connectivity index (χ4n) is 0.925. The summed E-state index contributed by atoms with van der Waals surface area (Å²) in [6.07, 6.45) is -2.10. The number of aliphatic carboxylic acids is 4. The highest BCUT2D eigenvalue weighted by molar-refractivity contribution is 6.03. The van der Waals surface area contributed by atoms with Crippen LogP contribution in [-0.2, 0) is 19.2 Å². The van der Waals surface area contributed by atoms with E-state index in [9.17, 15) is 19.2 Å². The zero-order chi connectivity index (χ0) is 12.9. The van der Waals surface area contributed by atoms with Crippen LogP contribution in [0.25, 0.3) is 0 Å². The van der Waals surface area contributed by atoms with E-state index in [1.807, 2.05) is 0 Å². The molecule has 0 unspecified atom stereocenters. The minimum Gasteiger partial charge on any atom is -0.481 e. The molecular formula is C8H8O8. The van der Waals surface area contributed by atoms with Crippen molar-refractivity contribution in [3.8, 4) is 0 Å². The largest absolute Gasteiger partial charge is 0.481 e. The topological polar surface area (TPSA) is 149 Å². The van der Waals surface area contributed by atoms with Gasteiger partial charge < -0.3 is 20.4 Å². The fourth-order valence-corrected chi connectivity index (χ4v) is 0.925. The normalized spacial score (nSPS) is 11.5. The molecule has 88 valence electrons. The Bertz CT molecular complexity index is 341. The lowest BCUT2D eigenvalue weighted by Crippen LogP contribution is -2.16. The van der Waals surface area contributed by atoms with E-state index < -0.39 is 47.9 Å². The summed E-state index contributed by atoms with van der Waals surface area (Å²) in [6.45, 7) is 0. The number of rotatable bonds is 6. The van der Waals surface area contributed by atoms with Crippen molar-refractivity contribution in [1.82, 2.24) is 0 Å². The van der Waals surface area contributed by atoms with E-state index in [0.717, 1.165) is 0 Å². The van der Waals surface area contributed by atoms with E-state index in [2.05, 4.69) is 0 Å². The third-order valence-corrected chi connectivity index (χ3v) is 1.54. The van der Waals surface area contributed by atoms with Gasteiger partial charge in [-0.1, -0.05) is 0 Å². The maximum atomic E-state index is 10.6. The predicted molar refractivity (Wildman–Crippen MR) is 46.8 cm³/mol. The van der Waals surface area contributed by atoms with Gasteiger partial charge in [-0.3, -0.25) is 9.59 Å². The summed E-state index contributed by atoms with van der Waals surface area (Å²) in [5.74, 6) is -6.63. The summed E-state index contributed by atoms with van der Waals surface area (Å²) >= 11 is 0. The molecule has 0 saturated carbocycles. The lowest BCUT2D eigenvalue weighted by molar-refractivity contribution is -0.141. The lowest BCUT2D eigenvalue weighted by Gasteiger charge is -2.04.